The lowest BCUT2D eigenvalue weighted by atomic mass is 10.1. The second kappa shape index (κ2) is 6.23. The zero-order valence-electron chi connectivity index (χ0n) is 11.6. The van der Waals surface area contributed by atoms with Crippen LogP contribution < -0.4 is 10.9 Å². The highest BCUT2D eigenvalue weighted by molar-refractivity contribution is 5.94. The number of hydrogen-bond donors (Lipinski definition) is 1. The number of carbonyl (C=O) groups excluding carboxylic acids is 1. The van der Waals surface area contributed by atoms with E-state index in [4.69, 9.17) is 4.42 Å². The van der Waals surface area contributed by atoms with Gasteiger partial charge in [-0.05, 0) is 31.5 Å². The fourth-order valence-electron chi connectivity index (χ4n) is 1.92. The summed E-state index contributed by atoms with van der Waals surface area (Å²) in [4.78, 5) is 23.3. The Morgan fingerprint density at radius 2 is 2.20 bits per heavy atom. The number of nitrogens with zero attached hydrogens (tertiary/aromatic N) is 1. The van der Waals surface area contributed by atoms with E-state index >= 15 is 0 Å². The average Bonchev–Trinajstić information content (AvgIpc) is 2.92. The quantitative estimate of drug-likeness (QED) is 0.903. The van der Waals surface area contributed by atoms with Crippen LogP contribution in [0, 0.1) is 0 Å². The van der Waals surface area contributed by atoms with E-state index in [1.165, 1.54) is 22.9 Å². The Labute approximate surface area is 117 Å². The number of nitrogens with one attached hydrogen (secondary N) is 1. The van der Waals surface area contributed by atoms with Crippen molar-refractivity contribution in [2.45, 2.75) is 25.8 Å². The molecule has 0 aromatic carbocycles. The molecule has 1 unspecified atom stereocenters. The van der Waals surface area contributed by atoms with Gasteiger partial charge < -0.3 is 14.3 Å². The molecule has 1 N–H and O–H groups in total. The van der Waals surface area contributed by atoms with Gasteiger partial charge in [0, 0.05) is 31.8 Å². The van der Waals surface area contributed by atoms with Crippen LogP contribution in [0.1, 0.15) is 29.5 Å². The summed E-state index contributed by atoms with van der Waals surface area (Å²) >= 11 is 0. The fourth-order valence-corrected chi connectivity index (χ4v) is 1.92. The van der Waals surface area contributed by atoms with Gasteiger partial charge in [-0.3, -0.25) is 9.59 Å². The van der Waals surface area contributed by atoms with E-state index in [1.807, 2.05) is 19.1 Å². The first kappa shape index (κ1) is 14.1. The van der Waals surface area contributed by atoms with Crippen molar-refractivity contribution >= 4 is 5.91 Å². The van der Waals surface area contributed by atoms with Gasteiger partial charge in [0.25, 0.3) is 5.91 Å². The third kappa shape index (κ3) is 3.60. The number of rotatable bonds is 5. The second-order valence-electron chi connectivity index (χ2n) is 4.86. The van der Waals surface area contributed by atoms with E-state index in [0.29, 0.717) is 5.56 Å². The molecule has 0 fully saturated rings. The highest BCUT2D eigenvalue weighted by Gasteiger charge is 2.11. The van der Waals surface area contributed by atoms with Gasteiger partial charge >= 0.3 is 0 Å². The summed E-state index contributed by atoms with van der Waals surface area (Å²) in [5.41, 5.74) is 0.351. The molecule has 0 aliphatic rings. The zero-order valence-corrected chi connectivity index (χ0v) is 11.6. The fraction of sp³-hybridized carbons (Fsp3) is 0.333. The lowest BCUT2D eigenvalue weighted by Crippen LogP contribution is -2.33. The summed E-state index contributed by atoms with van der Waals surface area (Å²) in [5, 5.41) is 2.91. The van der Waals surface area contributed by atoms with Crippen molar-refractivity contribution in [3.63, 3.8) is 0 Å². The monoisotopic (exact) mass is 274 g/mol. The van der Waals surface area contributed by atoms with Gasteiger partial charge in [0.1, 0.15) is 5.76 Å². The molecular weight excluding hydrogens is 256 g/mol. The first-order chi connectivity index (χ1) is 9.56. The Morgan fingerprint density at radius 1 is 1.40 bits per heavy atom. The molecule has 0 saturated carbocycles. The molecule has 2 aromatic heterocycles. The van der Waals surface area contributed by atoms with Crippen LogP contribution in [0.15, 0.2) is 45.9 Å². The topological polar surface area (TPSA) is 64.2 Å². The third-order valence-electron chi connectivity index (χ3n) is 3.13. The summed E-state index contributed by atoms with van der Waals surface area (Å²) < 4.78 is 6.64. The van der Waals surface area contributed by atoms with Crippen LogP contribution in [0.25, 0.3) is 0 Å². The number of hydrogen-bond acceptors (Lipinski definition) is 3. The normalized spacial score (nSPS) is 12.1. The Morgan fingerprint density at radius 3 is 2.85 bits per heavy atom. The number of aryl methyl sites for hydroxylation is 2. The van der Waals surface area contributed by atoms with Crippen LogP contribution in [-0.4, -0.2) is 16.5 Å². The maximum atomic E-state index is 12.0. The molecule has 0 aliphatic carbocycles. The van der Waals surface area contributed by atoms with E-state index in [9.17, 15) is 9.59 Å². The minimum absolute atomic E-state index is 0.0323. The Kier molecular flexibility index (Phi) is 4.40. The van der Waals surface area contributed by atoms with E-state index < -0.39 is 0 Å². The highest BCUT2D eigenvalue weighted by Crippen LogP contribution is 2.06. The van der Waals surface area contributed by atoms with Crippen LogP contribution in [0.2, 0.25) is 0 Å². The largest absolute Gasteiger partial charge is 0.469 e. The number of aromatic nitrogens is 1. The first-order valence-electron chi connectivity index (χ1n) is 6.56. The molecule has 106 valence electrons. The maximum absolute atomic E-state index is 12.0. The molecule has 0 spiro atoms. The molecule has 2 heterocycles. The second-order valence-corrected chi connectivity index (χ2v) is 4.86. The van der Waals surface area contributed by atoms with Crippen LogP contribution in [-0.2, 0) is 13.5 Å². The maximum Gasteiger partial charge on any atom is 0.252 e. The van der Waals surface area contributed by atoms with Gasteiger partial charge in [0.05, 0.1) is 11.8 Å². The minimum atomic E-state index is -0.174. The zero-order chi connectivity index (χ0) is 14.5. The van der Waals surface area contributed by atoms with Crippen molar-refractivity contribution in [2.24, 2.45) is 7.05 Å². The molecular formula is C15H18N2O3. The van der Waals surface area contributed by atoms with E-state index in [0.717, 1.165) is 18.6 Å². The predicted octanol–water partition coefficient (Wildman–Crippen LogP) is 1.73. The molecule has 0 radical (unpaired) electrons. The van der Waals surface area contributed by atoms with Crippen LogP contribution >= 0.6 is 0 Å². The number of amides is 1. The van der Waals surface area contributed by atoms with E-state index in [-0.39, 0.29) is 17.5 Å². The van der Waals surface area contributed by atoms with Crippen molar-refractivity contribution in [1.82, 2.24) is 9.88 Å². The summed E-state index contributed by atoms with van der Waals surface area (Å²) in [7, 11) is 1.62. The van der Waals surface area contributed by atoms with E-state index in [1.54, 1.807) is 13.3 Å². The molecule has 20 heavy (non-hydrogen) atoms. The van der Waals surface area contributed by atoms with Gasteiger partial charge in [-0.15, -0.1) is 0 Å². The number of pyridine rings is 1. The van der Waals surface area contributed by atoms with Crippen LogP contribution in [0.4, 0.5) is 0 Å². The minimum Gasteiger partial charge on any atom is -0.469 e. The summed E-state index contributed by atoms with van der Waals surface area (Å²) in [6.07, 6.45) is 4.76. The summed E-state index contributed by atoms with van der Waals surface area (Å²) in [5.74, 6) is 0.737. The molecule has 0 bridgehead atoms. The molecule has 1 amide bonds. The standard InChI is InChI=1S/C15H18N2O3/c1-11(5-7-13-4-3-9-20-13)16-15(19)12-6-8-14(18)17(2)10-12/h3-4,6,8-11H,5,7H2,1-2H3,(H,16,19). The first-order valence-corrected chi connectivity index (χ1v) is 6.56. The predicted molar refractivity (Wildman–Crippen MR) is 75.6 cm³/mol. The third-order valence-corrected chi connectivity index (χ3v) is 3.13. The number of carbonyl (C=O) groups is 1. The Bertz CT molecular complexity index is 629. The van der Waals surface area contributed by atoms with Crippen molar-refractivity contribution in [1.29, 1.82) is 0 Å². The average molecular weight is 274 g/mol. The van der Waals surface area contributed by atoms with Gasteiger partial charge in [-0.2, -0.15) is 0 Å². The lowest BCUT2D eigenvalue weighted by molar-refractivity contribution is 0.0937. The molecule has 0 aliphatic heterocycles. The molecule has 5 heteroatoms. The molecule has 2 aromatic rings. The van der Waals surface area contributed by atoms with E-state index in [2.05, 4.69) is 5.32 Å². The van der Waals surface area contributed by atoms with Crippen molar-refractivity contribution in [2.75, 3.05) is 0 Å². The molecule has 2 rings (SSSR count). The molecule has 0 saturated heterocycles. The van der Waals surface area contributed by atoms with Crippen molar-refractivity contribution in [3.8, 4) is 0 Å². The lowest BCUT2D eigenvalue weighted by Gasteiger charge is -2.13. The highest BCUT2D eigenvalue weighted by atomic mass is 16.3. The van der Waals surface area contributed by atoms with Crippen molar-refractivity contribution < 1.29 is 9.21 Å². The van der Waals surface area contributed by atoms with Gasteiger partial charge in [0.2, 0.25) is 5.56 Å². The van der Waals surface area contributed by atoms with Crippen LogP contribution in [0.5, 0.6) is 0 Å². The van der Waals surface area contributed by atoms with Gasteiger partial charge in [-0.25, -0.2) is 0 Å². The molecule has 5 nitrogen and oxygen atoms in total. The summed E-state index contributed by atoms with van der Waals surface area (Å²) in [6.45, 7) is 1.95. The Hall–Kier alpha value is -2.30. The molecule has 1 atom stereocenters. The number of furan rings is 1. The smallest absolute Gasteiger partial charge is 0.252 e. The SMILES string of the molecule is CC(CCc1ccco1)NC(=O)c1ccc(=O)n(C)c1. The van der Waals surface area contributed by atoms with Gasteiger partial charge in [0.15, 0.2) is 0 Å². The summed E-state index contributed by atoms with van der Waals surface area (Å²) in [6, 6.07) is 6.73. The van der Waals surface area contributed by atoms with Gasteiger partial charge in [-0.1, -0.05) is 0 Å². The van der Waals surface area contributed by atoms with Crippen LogP contribution in [0.3, 0.4) is 0 Å². The Balaban J connectivity index is 1.90. The van der Waals surface area contributed by atoms with Crippen molar-refractivity contribution in [3.05, 3.63) is 58.4 Å².